The number of pyridine rings is 1. The van der Waals surface area contributed by atoms with Gasteiger partial charge in [-0.1, -0.05) is 11.6 Å². The molecule has 1 aliphatic heterocycles. The van der Waals surface area contributed by atoms with E-state index >= 15 is 0 Å². The van der Waals surface area contributed by atoms with Gasteiger partial charge in [0.05, 0.1) is 48.6 Å². The molecule has 0 fully saturated rings. The normalized spacial score (nSPS) is 16.2. The Hall–Kier alpha value is -3.71. The number of hydrogen-bond acceptors (Lipinski definition) is 8. The molecule has 198 valence electrons. The Bertz CT molecular complexity index is 1210. The molecule has 2 atom stereocenters. The maximum atomic E-state index is 13.2. The van der Waals surface area contributed by atoms with Gasteiger partial charge in [-0.25, -0.2) is 0 Å². The topological polar surface area (TPSA) is 153 Å². The van der Waals surface area contributed by atoms with E-state index in [4.69, 9.17) is 11.6 Å². The van der Waals surface area contributed by atoms with E-state index in [1.54, 1.807) is 0 Å². The van der Waals surface area contributed by atoms with Crippen LogP contribution < -0.4 is 16.0 Å². The second-order valence-electron chi connectivity index (χ2n) is 8.30. The molecule has 1 aliphatic rings. The number of nitrogens with zero attached hydrogens (tertiary/aromatic N) is 2. The standard InChI is InChI=1S/C23H23ClF3N5O5/c24-16-2-12(1-15(6-16)23(25,26)27)13(5-20(35)36)4-18(33)9-29-21(37)14-3-17(8-28-7-14)32-22-30-10-19(34)11-31-22/h1-3,6-8,13,19,34H,4-5,9-11H2,(H,29,37)(H,35,36)(H2,30,31,32)/t13-/m0/s1. The van der Waals surface area contributed by atoms with E-state index in [1.165, 1.54) is 24.5 Å². The summed E-state index contributed by atoms with van der Waals surface area (Å²) in [6.45, 7) is 0.0310. The van der Waals surface area contributed by atoms with Gasteiger partial charge in [-0.2, -0.15) is 13.2 Å². The van der Waals surface area contributed by atoms with Gasteiger partial charge >= 0.3 is 12.1 Å². The summed E-state index contributed by atoms with van der Waals surface area (Å²) < 4.78 is 39.5. The van der Waals surface area contributed by atoms with Crippen molar-refractivity contribution < 1.29 is 37.8 Å². The average molecular weight is 542 g/mol. The second-order valence-corrected chi connectivity index (χ2v) is 8.74. The number of guanidine groups is 1. The fourth-order valence-electron chi connectivity index (χ4n) is 3.54. The number of aliphatic carboxylic acids is 1. The lowest BCUT2D eigenvalue weighted by atomic mass is 9.89. The molecular formula is C23H23ClF3N5O5. The lowest BCUT2D eigenvalue weighted by molar-refractivity contribution is -0.138. The van der Waals surface area contributed by atoms with E-state index in [-0.39, 0.29) is 22.7 Å². The first-order chi connectivity index (χ1) is 17.4. The number of halogens is 4. The highest BCUT2D eigenvalue weighted by atomic mass is 35.5. The lowest BCUT2D eigenvalue weighted by Gasteiger charge is -2.19. The largest absolute Gasteiger partial charge is 0.481 e. The van der Waals surface area contributed by atoms with Gasteiger partial charge in [0.2, 0.25) is 0 Å². The molecule has 2 aromatic rings. The van der Waals surface area contributed by atoms with Crippen LogP contribution >= 0.6 is 11.6 Å². The van der Waals surface area contributed by atoms with Crippen molar-refractivity contribution in [1.29, 1.82) is 0 Å². The van der Waals surface area contributed by atoms with E-state index in [9.17, 15) is 37.8 Å². The minimum atomic E-state index is -4.70. The number of aliphatic hydroxyl groups excluding tert-OH is 1. The fraction of sp³-hybridized carbons (Fsp3) is 0.348. The molecule has 0 saturated heterocycles. The van der Waals surface area contributed by atoms with Crippen molar-refractivity contribution in [1.82, 2.24) is 15.6 Å². The number of hydrogen-bond donors (Lipinski definition) is 5. The predicted octanol–water partition coefficient (Wildman–Crippen LogP) is 2.43. The number of amides is 1. The number of ketones is 1. The van der Waals surface area contributed by atoms with Gasteiger partial charge < -0.3 is 26.2 Å². The van der Waals surface area contributed by atoms with Crippen LogP contribution in [0.2, 0.25) is 5.02 Å². The maximum absolute atomic E-state index is 13.2. The van der Waals surface area contributed by atoms with Crippen LogP contribution in [0.25, 0.3) is 0 Å². The van der Waals surface area contributed by atoms with Crippen LogP contribution in [-0.4, -0.2) is 64.6 Å². The van der Waals surface area contributed by atoms with Gasteiger partial charge in [0.25, 0.3) is 5.91 Å². The van der Waals surface area contributed by atoms with Crippen LogP contribution in [0.1, 0.15) is 40.2 Å². The Balaban J connectivity index is 1.64. The van der Waals surface area contributed by atoms with Crippen molar-refractivity contribution in [3.8, 4) is 0 Å². The summed E-state index contributed by atoms with van der Waals surface area (Å²) in [6, 6.07) is 4.12. The summed E-state index contributed by atoms with van der Waals surface area (Å²) in [5.74, 6) is -3.24. The first-order valence-corrected chi connectivity index (χ1v) is 11.4. The Morgan fingerprint density at radius 3 is 2.57 bits per heavy atom. The number of nitrogens with one attached hydrogen (secondary N) is 3. The number of aliphatic imine (C=N–C) groups is 1. The SMILES string of the molecule is O=C(O)C[C@H](CC(=O)CNC(=O)c1cncc(NC2=NCC(O)CN2)c1)c1cc(Cl)cc(C(F)(F)F)c1. The fourth-order valence-corrected chi connectivity index (χ4v) is 3.79. The van der Waals surface area contributed by atoms with Crippen LogP contribution in [0.4, 0.5) is 18.9 Å². The molecule has 1 aromatic carbocycles. The van der Waals surface area contributed by atoms with Gasteiger partial charge in [-0.3, -0.25) is 24.4 Å². The molecule has 1 unspecified atom stereocenters. The van der Waals surface area contributed by atoms with Crippen LogP contribution in [-0.2, 0) is 15.8 Å². The third-order valence-corrected chi connectivity index (χ3v) is 5.51. The number of aliphatic hydroxyl groups is 1. The Morgan fingerprint density at radius 1 is 1.16 bits per heavy atom. The van der Waals surface area contributed by atoms with E-state index in [0.29, 0.717) is 24.3 Å². The second kappa shape index (κ2) is 12.0. The first-order valence-electron chi connectivity index (χ1n) is 11.0. The van der Waals surface area contributed by atoms with E-state index in [0.717, 1.165) is 6.07 Å². The van der Waals surface area contributed by atoms with Crippen molar-refractivity contribution in [2.75, 3.05) is 25.0 Å². The third kappa shape index (κ3) is 8.43. The van der Waals surface area contributed by atoms with Crippen molar-refractivity contribution in [2.45, 2.75) is 31.0 Å². The monoisotopic (exact) mass is 541 g/mol. The molecule has 1 amide bonds. The smallest absolute Gasteiger partial charge is 0.416 e. The number of β-amino-alcohol motifs (C(OH)–C–C–N with tert-alkyl or cyclic N) is 1. The van der Waals surface area contributed by atoms with Crippen molar-refractivity contribution >= 4 is 40.9 Å². The molecule has 2 heterocycles. The Kier molecular flexibility index (Phi) is 9.05. The highest BCUT2D eigenvalue weighted by molar-refractivity contribution is 6.30. The number of benzene rings is 1. The number of carbonyl (C=O) groups excluding carboxylic acids is 2. The van der Waals surface area contributed by atoms with Gasteiger partial charge in [-0.15, -0.1) is 0 Å². The summed E-state index contributed by atoms with van der Waals surface area (Å²) in [5, 5.41) is 26.6. The Labute approximate surface area is 213 Å². The molecule has 0 saturated carbocycles. The quantitative estimate of drug-likeness (QED) is 0.324. The third-order valence-electron chi connectivity index (χ3n) is 5.29. The highest BCUT2D eigenvalue weighted by Crippen LogP contribution is 2.35. The molecule has 0 radical (unpaired) electrons. The number of anilines is 1. The molecule has 0 bridgehead atoms. The van der Waals surface area contributed by atoms with Crippen molar-refractivity contribution in [3.63, 3.8) is 0 Å². The Morgan fingerprint density at radius 2 is 1.92 bits per heavy atom. The van der Waals surface area contributed by atoms with Crippen LogP contribution in [0.3, 0.4) is 0 Å². The van der Waals surface area contributed by atoms with Gasteiger partial charge in [0, 0.05) is 30.1 Å². The minimum absolute atomic E-state index is 0.0448. The number of alkyl halides is 3. The van der Waals surface area contributed by atoms with E-state index < -0.39 is 60.8 Å². The molecular weight excluding hydrogens is 519 g/mol. The molecule has 3 rings (SSSR count). The van der Waals surface area contributed by atoms with Crippen LogP contribution in [0.15, 0.2) is 41.7 Å². The molecule has 14 heteroatoms. The summed E-state index contributed by atoms with van der Waals surface area (Å²) in [7, 11) is 0. The van der Waals surface area contributed by atoms with Gasteiger partial charge in [0.15, 0.2) is 11.7 Å². The van der Waals surface area contributed by atoms with E-state index in [1.807, 2.05) is 0 Å². The summed E-state index contributed by atoms with van der Waals surface area (Å²) >= 11 is 5.80. The number of carboxylic acid groups (broad SMARTS) is 1. The number of Topliss-reactive ketones (excluding diaryl/α,β-unsaturated/α-hetero) is 1. The molecule has 37 heavy (non-hydrogen) atoms. The van der Waals surface area contributed by atoms with Crippen molar-refractivity contribution in [2.24, 2.45) is 4.99 Å². The number of aromatic nitrogens is 1. The number of carboxylic acids is 1. The zero-order valence-corrected chi connectivity index (χ0v) is 19.9. The molecule has 10 nitrogen and oxygen atoms in total. The highest BCUT2D eigenvalue weighted by Gasteiger charge is 2.32. The van der Waals surface area contributed by atoms with Crippen LogP contribution in [0.5, 0.6) is 0 Å². The van der Waals surface area contributed by atoms with Gasteiger partial charge in [0.1, 0.15) is 0 Å². The average Bonchev–Trinajstić information content (AvgIpc) is 2.82. The molecule has 0 spiro atoms. The molecule has 1 aromatic heterocycles. The zero-order chi connectivity index (χ0) is 27.2. The van der Waals surface area contributed by atoms with Gasteiger partial charge in [-0.05, 0) is 29.8 Å². The number of rotatable bonds is 9. The van der Waals surface area contributed by atoms with E-state index in [2.05, 4.69) is 25.9 Å². The van der Waals surface area contributed by atoms with Crippen LogP contribution in [0, 0.1) is 0 Å². The zero-order valence-electron chi connectivity index (χ0n) is 19.2. The molecule has 0 aliphatic carbocycles. The summed E-state index contributed by atoms with van der Waals surface area (Å²) in [5.41, 5.74) is -0.570. The predicted molar refractivity (Wildman–Crippen MR) is 128 cm³/mol. The summed E-state index contributed by atoms with van der Waals surface area (Å²) in [6.07, 6.45) is -3.63. The van der Waals surface area contributed by atoms with Crippen molar-refractivity contribution in [3.05, 3.63) is 58.4 Å². The first kappa shape index (κ1) is 27.9. The minimum Gasteiger partial charge on any atom is -0.481 e. The molecule has 5 N–H and O–H groups in total. The lowest BCUT2D eigenvalue weighted by Crippen LogP contribution is -2.42. The maximum Gasteiger partial charge on any atom is 0.416 e. The number of carbonyl (C=O) groups is 3. The summed E-state index contributed by atoms with van der Waals surface area (Å²) in [4.78, 5) is 44.4.